The Kier molecular flexibility index (Phi) is 26.6. The molecule has 0 saturated carbocycles. The molecular weight excluding hydrogens is 1030 g/mol. The Bertz CT molecular complexity index is 2320. The Balaban J connectivity index is 1.68. The molecule has 4 aromatic rings. The molecule has 3 atom stereocenters. The summed E-state index contributed by atoms with van der Waals surface area (Å²) in [6.07, 6.45) is 11.6. The highest BCUT2D eigenvalue weighted by Crippen LogP contribution is 2.41. The summed E-state index contributed by atoms with van der Waals surface area (Å²) in [5.74, 6) is 0.943. The van der Waals surface area contributed by atoms with E-state index in [2.05, 4.69) is 41.5 Å². The maximum atomic E-state index is 13.4. The number of phenols is 3. The van der Waals surface area contributed by atoms with Crippen molar-refractivity contribution in [1.29, 1.82) is 0 Å². The third kappa shape index (κ3) is 20.1. The van der Waals surface area contributed by atoms with Gasteiger partial charge in [-0.25, -0.2) is 15.0 Å². The molecule has 81 heavy (non-hydrogen) atoms. The molecule has 0 radical (unpaired) electrons. The largest absolute Gasteiger partial charge is 0.507 e. The van der Waals surface area contributed by atoms with Gasteiger partial charge in [0.1, 0.15) is 52.8 Å². The van der Waals surface area contributed by atoms with Gasteiger partial charge in [0.15, 0.2) is 17.5 Å². The molecule has 3 aromatic carbocycles. The van der Waals surface area contributed by atoms with E-state index in [0.29, 0.717) is 74.1 Å². The summed E-state index contributed by atoms with van der Waals surface area (Å²) in [4.78, 5) is 54.5. The third-order valence-corrected chi connectivity index (χ3v) is 15.2. The molecule has 1 heterocycles. The minimum Gasteiger partial charge on any atom is -0.507 e. The molecule has 0 aliphatic carbocycles. The number of phenolic OH excluding ortho intramolecular Hbond substituents is 3. The average Bonchev–Trinajstić information content (AvgIpc) is 3.44. The number of hydrogen-bond acceptors (Lipinski definition) is 15. The molecule has 0 bridgehead atoms. The van der Waals surface area contributed by atoms with E-state index >= 15 is 0 Å². The number of carbonyl (C=O) groups is 3. The van der Waals surface area contributed by atoms with Gasteiger partial charge in [0.2, 0.25) is 0 Å². The van der Waals surface area contributed by atoms with Crippen molar-refractivity contribution in [3.8, 4) is 68.7 Å². The maximum Gasteiger partial charge on any atom is 0.315 e. The Labute approximate surface area is 484 Å². The van der Waals surface area contributed by atoms with E-state index in [0.717, 1.165) is 77.0 Å². The Morgan fingerprint density at radius 3 is 0.864 bits per heavy atom. The molecule has 15 nitrogen and oxygen atoms in total. The molecule has 0 amide bonds. The van der Waals surface area contributed by atoms with E-state index in [9.17, 15) is 29.7 Å². The standard InChI is InChI=1S/C66H99N3O12/c1-16-55(64(10,11)61(73)76-37-25-19-22-28-43(4)5)79-46-31-34-49(52(70)40-46)58-67-59(50-35-32-47(41-53(50)71)80-56(17-2)65(12,13)62(74)77-38-26-20-23-29-44(6)7)69-60(68-58)51-36-33-48(42-54(51)72)81-57(18-3)66(14,15)63(75)78-39-27-21-24-30-45(8)9/h31-36,40-45,55-57,70-72H,16-30,37-39H2,1-15H3. The summed E-state index contributed by atoms with van der Waals surface area (Å²) in [7, 11) is 0. The van der Waals surface area contributed by atoms with Crippen LogP contribution in [0.5, 0.6) is 34.5 Å². The van der Waals surface area contributed by atoms with Crippen LogP contribution in [0.4, 0.5) is 0 Å². The van der Waals surface area contributed by atoms with Crippen LogP contribution in [0.15, 0.2) is 54.6 Å². The monoisotopic (exact) mass is 1130 g/mol. The van der Waals surface area contributed by atoms with E-state index in [1.54, 1.807) is 77.9 Å². The summed E-state index contributed by atoms with van der Waals surface area (Å²) in [5, 5.41) is 35.2. The van der Waals surface area contributed by atoms with E-state index in [-0.39, 0.29) is 69.3 Å². The molecule has 0 spiro atoms. The quantitative estimate of drug-likeness (QED) is 0.0220. The zero-order chi connectivity index (χ0) is 60.1. The second-order valence-corrected chi connectivity index (χ2v) is 24.7. The summed E-state index contributed by atoms with van der Waals surface area (Å²) in [5.41, 5.74) is -2.49. The predicted octanol–water partition coefficient (Wildman–Crippen LogP) is 15.8. The van der Waals surface area contributed by atoms with Crippen molar-refractivity contribution in [3.63, 3.8) is 0 Å². The van der Waals surface area contributed by atoms with E-state index in [1.165, 1.54) is 18.2 Å². The molecule has 450 valence electrons. The minimum atomic E-state index is -1.01. The van der Waals surface area contributed by atoms with Crippen LogP contribution < -0.4 is 14.2 Å². The van der Waals surface area contributed by atoms with Gasteiger partial charge >= 0.3 is 17.9 Å². The van der Waals surface area contributed by atoms with E-state index < -0.39 is 34.6 Å². The number of unbranched alkanes of at least 4 members (excludes halogenated alkanes) is 6. The van der Waals surface area contributed by atoms with Gasteiger partial charge in [-0.2, -0.15) is 0 Å². The topological polar surface area (TPSA) is 206 Å². The second kappa shape index (κ2) is 31.9. The molecule has 4 rings (SSSR count). The van der Waals surface area contributed by atoms with Gasteiger partial charge in [-0.1, -0.05) is 120 Å². The van der Waals surface area contributed by atoms with E-state index in [4.69, 9.17) is 43.4 Å². The summed E-state index contributed by atoms with van der Waals surface area (Å²) >= 11 is 0. The summed E-state index contributed by atoms with van der Waals surface area (Å²) < 4.78 is 36.3. The smallest absolute Gasteiger partial charge is 0.315 e. The van der Waals surface area contributed by atoms with Crippen LogP contribution in [-0.2, 0) is 28.6 Å². The van der Waals surface area contributed by atoms with Crippen LogP contribution >= 0.6 is 0 Å². The van der Waals surface area contributed by atoms with Crippen molar-refractivity contribution in [2.45, 2.75) is 218 Å². The molecular formula is C66H99N3O12. The van der Waals surface area contributed by atoms with Gasteiger partial charge in [-0.3, -0.25) is 14.4 Å². The second-order valence-electron chi connectivity index (χ2n) is 24.7. The number of nitrogens with zero attached hydrogens (tertiary/aromatic N) is 3. The number of carbonyl (C=O) groups excluding carboxylic acids is 3. The van der Waals surface area contributed by atoms with Gasteiger partial charge in [0.25, 0.3) is 0 Å². The zero-order valence-corrected chi connectivity index (χ0v) is 51.7. The normalized spacial score (nSPS) is 13.3. The fraction of sp³-hybridized carbons (Fsp3) is 0.636. The molecule has 0 aliphatic heterocycles. The zero-order valence-electron chi connectivity index (χ0n) is 51.7. The van der Waals surface area contributed by atoms with Crippen molar-refractivity contribution in [2.24, 2.45) is 34.0 Å². The molecule has 0 aliphatic rings. The van der Waals surface area contributed by atoms with Crippen molar-refractivity contribution in [3.05, 3.63) is 54.6 Å². The highest BCUT2D eigenvalue weighted by atomic mass is 16.6. The lowest BCUT2D eigenvalue weighted by Crippen LogP contribution is -2.42. The first-order valence-electron chi connectivity index (χ1n) is 30.0. The SMILES string of the molecule is CCC(Oc1ccc(-c2nc(-c3ccc(OC(CC)C(C)(C)C(=O)OCCCCCC(C)C)cc3O)nc(-c3ccc(OC(CC)C(C)(C)C(=O)OCCCCCC(C)C)cc3O)n2)c(O)c1)C(C)(C)C(=O)OCCCCCC(C)C. The maximum absolute atomic E-state index is 13.4. The van der Waals surface area contributed by atoms with Crippen LogP contribution in [-0.4, -0.2) is 86.3 Å². The number of hydrogen-bond donors (Lipinski definition) is 3. The highest BCUT2D eigenvalue weighted by Gasteiger charge is 2.42. The first-order chi connectivity index (χ1) is 38.3. The fourth-order valence-corrected chi connectivity index (χ4v) is 9.72. The lowest BCUT2D eigenvalue weighted by Gasteiger charge is -2.32. The number of aromatic hydroxyl groups is 3. The summed E-state index contributed by atoms with van der Waals surface area (Å²) in [6, 6.07) is 14.0. The first kappa shape index (κ1) is 67.4. The Morgan fingerprint density at radius 2 is 0.654 bits per heavy atom. The Hall–Kier alpha value is -6.12. The van der Waals surface area contributed by atoms with Crippen LogP contribution in [0.1, 0.15) is 200 Å². The lowest BCUT2D eigenvalue weighted by atomic mass is 9.85. The van der Waals surface area contributed by atoms with Gasteiger partial charge in [-0.05, 0) is 134 Å². The van der Waals surface area contributed by atoms with Crippen LogP contribution in [0.25, 0.3) is 34.2 Å². The number of ether oxygens (including phenoxy) is 6. The predicted molar refractivity (Wildman–Crippen MR) is 319 cm³/mol. The molecule has 15 heteroatoms. The van der Waals surface area contributed by atoms with Crippen molar-refractivity contribution in [1.82, 2.24) is 15.0 Å². The Morgan fingerprint density at radius 1 is 0.407 bits per heavy atom. The number of aromatic nitrogens is 3. The van der Waals surface area contributed by atoms with Gasteiger partial charge in [-0.15, -0.1) is 0 Å². The van der Waals surface area contributed by atoms with Crippen LogP contribution in [0.3, 0.4) is 0 Å². The van der Waals surface area contributed by atoms with E-state index in [1.807, 2.05) is 20.8 Å². The fourth-order valence-electron chi connectivity index (χ4n) is 9.72. The van der Waals surface area contributed by atoms with Crippen molar-refractivity contribution >= 4 is 17.9 Å². The lowest BCUT2D eigenvalue weighted by molar-refractivity contribution is -0.160. The van der Waals surface area contributed by atoms with Gasteiger partial charge < -0.3 is 43.7 Å². The number of rotatable bonds is 36. The van der Waals surface area contributed by atoms with Gasteiger partial charge in [0, 0.05) is 18.2 Å². The molecule has 0 saturated heterocycles. The van der Waals surface area contributed by atoms with Gasteiger partial charge in [0.05, 0.1) is 52.8 Å². The van der Waals surface area contributed by atoms with Crippen LogP contribution in [0.2, 0.25) is 0 Å². The first-order valence-corrected chi connectivity index (χ1v) is 30.0. The molecule has 1 aromatic heterocycles. The number of esters is 3. The molecule has 3 N–H and O–H groups in total. The average molecular weight is 1130 g/mol. The minimum absolute atomic E-state index is 0.000285. The van der Waals surface area contributed by atoms with Crippen LogP contribution in [0, 0.1) is 34.0 Å². The van der Waals surface area contributed by atoms with Crippen molar-refractivity contribution < 1.29 is 58.1 Å². The summed E-state index contributed by atoms with van der Waals surface area (Å²) in [6.45, 7) is 30.7. The third-order valence-electron chi connectivity index (χ3n) is 15.2. The highest BCUT2D eigenvalue weighted by molar-refractivity contribution is 5.79. The molecule has 0 fully saturated rings. The van der Waals surface area contributed by atoms with Crippen molar-refractivity contribution in [2.75, 3.05) is 19.8 Å². The number of benzene rings is 3. The molecule has 3 unspecified atom stereocenters.